The first-order valence-corrected chi connectivity index (χ1v) is 6.84. The lowest BCUT2D eigenvalue weighted by Gasteiger charge is -2.09. The van der Waals surface area contributed by atoms with Crippen LogP contribution in [0.5, 0.6) is 5.75 Å². The minimum Gasteiger partial charge on any atom is -0.496 e. The topological polar surface area (TPSA) is 47.6 Å². The smallest absolute Gasteiger partial charge is 0.248 e. The molecule has 0 fully saturated rings. The Morgan fingerprint density at radius 3 is 2.67 bits per heavy atom. The molecule has 110 valence electrons. The normalized spacial score (nSPS) is 10.2. The van der Waals surface area contributed by atoms with E-state index in [9.17, 15) is 4.79 Å². The predicted molar refractivity (Wildman–Crippen MR) is 81.1 cm³/mol. The van der Waals surface area contributed by atoms with Crippen LogP contribution in [0.25, 0.3) is 0 Å². The monoisotopic (exact) mass is 305 g/mol. The molecule has 0 saturated carbocycles. The van der Waals surface area contributed by atoms with Crippen molar-refractivity contribution in [2.24, 2.45) is 0 Å². The van der Waals surface area contributed by atoms with Gasteiger partial charge in [0.25, 0.3) is 0 Å². The van der Waals surface area contributed by atoms with Crippen LogP contribution in [-0.2, 0) is 22.7 Å². The molecule has 21 heavy (non-hydrogen) atoms. The molecule has 0 saturated heterocycles. The fourth-order valence-corrected chi connectivity index (χ4v) is 2.06. The van der Waals surface area contributed by atoms with Crippen molar-refractivity contribution in [1.29, 1.82) is 0 Å². The number of halogens is 1. The van der Waals surface area contributed by atoms with Gasteiger partial charge >= 0.3 is 0 Å². The molecular formula is C16H16ClNO3. The summed E-state index contributed by atoms with van der Waals surface area (Å²) in [6.45, 7) is 0.319. The SMILES string of the molecule is COc1ccc(Cl)cc1CC(=O)NOCc1ccccc1. The average Bonchev–Trinajstić information content (AvgIpc) is 2.48. The number of nitrogens with one attached hydrogen (secondary N) is 1. The Morgan fingerprint density at radius 1 is 1.19 bits per heavy atom. The Labute approximate surface area is 128 Å². The summed E-state index contributed by atoms with van der Waals surface area (Å²) in [4.78, 5) is 17.0. The largest absolute Gasteiger partial charge is 0.496 e. The van der Waals surface area contributed by atoms with Crippen molar-refractivity contribution >= 4 is 17.5 Å². The van der Waals surface area contributed by atoms with Gasteiger partial charge in [-0.25, -0.2) is 5.48 Å². The first kappa shape index (κ1) is 15.4. The van der Waals surface area contributed by atoms with Crippen LogP contribution >= 0.6 is 11.6 Å². The van der Waals surface area contributed by atoms with E-state index in [2.05, 4.69) is 5.48 Å². The van der Waals surface area contributed by atoms with Gasteiger partial charge in [0, 0.05) is 10.6 Å². The molecule has 4 nitrogen and oxygen atoms in total. The Morgan fingerprint density at radius 2 is 1.95 bits per heavy atom. The third-order valence-corrected chi connectivity index (χ3v) is 3.10. The fraction of sp³-hybridized carbons (Fsp3) is 0.188. The lowest BCUT2D eigenvalue weighted by atomic mass is 10.1. The summed E-state index contributed by atoms with van der Waals surface area (Å²) >= 11 is 5.92. The van der Waals surface area contributed by atoms with Crippen LogP contribution in [0.2, 0.25) is 5.02 Å². The molecule has 2 aromatic carbocycles. The average molecular weight is 306 g/mol. The number of amides is 1. The van der Waals surface area contributed by atoms with Crippen LogP contribution in [0.3, 0.4) is 0 Å². The molecule has 0 heterocycles. The summed E-state index contributed by atoms with van der Waals surface area (Å²) < 4.78 is 5.20. The van der Waals surface area contributed by atoms with E-state index in [1.807, 2.05) is 30.3 Å². The zero-order valence-corrected chi connectivity index (χ0v) is 12.4. The second-order valence-electron chi connectivity index (χ2n) is 4.43. The number of rotatable bonds is 6. The zero-order chi connectivity index (χ0) is 15.1. The van der Waals surface area contributed by atoms with Gasteiger partial charge in [-0.1, -0.05) is 41.9 Å². The molecule has 0 aliphatic rings. The quantitative estimate of drug-likeness (QED) is 0.834. The van der Waals surface area contributed by atoms with Crippen molar-refractivity contribution in [3.63, 3.8) is 0 Å². The summed E-state index contributed by atoms with van der Waals surface area (Å²) in [7, 11) is 1.55. The van der Waals surface area contributed by atoms with E-state index in [1.54, 1.807) is 25.3 Å². The van der Waals surface area contributed by atoms with Gasteiger partial charge in [0.15, 0.2) is 0 Å². The van der Waals surface area contributed by atoms with E-state index in [1.165, 1.54) is 0 Å². The molecule has 1 amide bonds. The molecule has 1 N–H and O–H groups in total. The Kier molecular flexibility index (Phi) is 5.60. The number of carbonyl (C=O) groups is 1. The first-order valence-electron chi connectivity index (χ1n) is 6.46. The van der Waals surface area contributed by atoms with Crippen molar-refractivity contribution < 1.29 is 14.4 Å². The number of ether oxygens (including phenoxy) is 1. The first-order chi connectivity index (χ1) is 10.2. The highest BCUT2D eigenvalue weighted by Gasteiger charge is 2.09. The summed E-state index contributed by atoms with van der Waals surface area (Å²) in [5.41, 5.74) is 4.11. The number of methoxy groups -OCH3 is 1. The van der Waals surface area contributed by atoms with E-state index < -0.39 is 0 Å². The van der Waals surface area contributed by atoms with Gasteiger partial charge in [0.05, 0.1) is 20.1 Å². The highest BCUT2D eigenvalue weighted by atomic mass is 35.5. The molecule has 0 aromatic heterocycles. The molecule has 0 aliphatic carbocycles. The van der Waals surface area contributed by atoms with Crippen LogP contribution in [0.4, 0.5) is 0 Å². The molecule has 0 bridgehead atoms. The lowest BCUT2D eigenvalue weighted by Crippen LogP contribution is -2.25. The molecule has 0 atom stereocenters. The highest BCUT2D eigenvalue weighted by molar-refractivity contribution is 6.30. The van der Waals surface area contributed by atoms with Crippen molar-refractivity contribution in [1.82, 2.24) is 5.48 Å². The minimum absolute atomic E-state index is 0.137. The molecule has 0 spiro atoms. The van der Waals surface area contributed by atoms with Gasteiger partial charge in [-0.2, -0.15) is 0 Å². The van der Waals surface area contributed by atoms with Crippen LogP contribution < -0.4 is 10.2 Å². The van der Waals surface area contributed by atoms with Crippen LogP contribution in [-0.4, -0.2) is 13.0 Å². The maximum Gasteiger partial charge on any atom is 0.248 e. The number of hydroxylamine groups is 1. The molecular weight excluding hydrogens is 290 g/mol. The van der Waals surface area contributed by atoms with Gasteiger partial charge in [0.2, 0.25) is 5.91 Å². The van der Waals surface area contributed by atoms with E-state index >= 15 is 0 Å². The minimum atomic E-state index is -0.258. The Hall–Kier alpha value is -2.04. The standard InChI is InChI=1S/C16H16ClNO3/c1-20-15-8-7-14(17)9-13(15)10-16(19)18-21-11-12-5-3-2-4-6-12/h2-9H,10-11H2,1H3,(H,18,19). The number of hydrogen-bond acceptors (Lipinski definition) is 3. The number of hydrogen-bond donors (Lipinski definition) is 1. The molecule has 5 heteroatoms. The highest BCUT2D eigenvalue weighted by Crippen LogP contribution is 2.22. The van der Waals surface area contributed by atoms with Gasteiger partial charge in [0.1, 0.15) is 5.75 Å². The fourth-order valence-electron chi connectivity index (χ4n) is 1.87. The van der Waals surface area contributed by atoms with Crippen molar-refractivity contribution in [3.8, 4) is 5.75 Å². The molecule has 2 rings (SSSR count). The summed E-state index contributed by atoms with van der Waals surface area (Å²) in [5, 5.41) is 0.559. The Bertz CT molecular complexity index is 602. The van der Waals surface area contributed by atoms with E-state index in [0.29, 0.717) is 22.9 Å². The van der Waals surface area contributed by atoms with Gasteiger partial charge in [-0.15, -0.1) is 0 Å². The number of benzene rings is 2. The maximum absolute atomic E-state index is 11.8. The summed E-state index contributed by atoms with van der Waals surface area (Å²) in [6.07, 6.45) is 0.137. The van der Waals surface area contributed by atoms with Crippen molar-refractivity contribution in [2.45, 2.75) is 13.0 Å². The predicted octanol–water partition coefficient (Wildman–Crippen LogP) is 3.14. The molecule has 0 unspecified atom stereocenters. The number of carbonyl (C=O) groups excluding carboxylic acids is 1. The van der Waals surface area contributed by atoms with Gasteiger partial charge < -0.3 is 4.74 Å². The lowest BCUT2D eigenvalue weighted by molar-refractivity contribution is -0.133. The van der Waals surface area contributed by atoms with Crippen molar-refractivity contribution in [3.05, 3.63) is 64.7 Å². The summed E-state index contributed by atoms with van der Waals surface area (Å²) in [6, 6.07) is 14.8. The van der Waals surface area contributed by atoms with E-state index in [4.69, 9.17) is 21.2 Å². The second kappa shape index (κ2) is 7.67. The van der Waals surface area contributed by atoms with Crippen LogP contribution in [0.15, 0.2) is 48.5 Å². The maximum atomic E-state index is 11.8. The van der Waals surface area contributed by atoms with E-state index in [0.717, 1.165) is 5.56 Å². The molecule has 0 aliphatic heterocycles. The third kappa shape index (κ3) is 4.77. The molecule has 2 aromatic rings. The summed E-state index contributed by atoms with van der Waals surface area (Å²) in [5.74, 6) is 0.365. The van der Waals surface area contributed by atoms with Crippen LogP contribution in [0, 0.1) is 0 Å². The van der Waals surface area contributed by atoms with Crippen LogP contribution in [0.1, 0.15) is 11.1 Å². The Balaban J connectivity index is 1.86. The second-order valence-corrected chi connectivity index (χ2v) is 4.87. The van der Waals surface area contributed by atoms with Crippen molar-refractivity contribution in [2.75, 3.05) is 7.11 Å². The zero-order valence-electron chi connectivity index (χ0n) is 11.6. The third-order valence-electron chi connectivity index (χ3n) is 2.86. The molecule has 0 radical (unpaired) electrons. The van der Waals surface area contributed by atoms with Gasteiger partial charge in [-0.3, -0.25) is 9.63 Å². The van der Waals surface area contributed by atoms with Gasteiger partial charge in [-0.05, 0) is 23.8 Å². The van der Waals surface area contributed by atoms with E-state index in [-0.39, 0.29) is 12.3 Å².